The molecule has 3 aromatic rings. The average Bonchev–Trinajstić information content (AvgIpc) is 3.17. The molecule has 0 saturated carbocycles. The molecule has 2 aromatic carbocycles. The van der Waals surface area contributed by atoms with Crippen LogP contribution in [0.15, 0.2) is 66.0 Å². The van der Waals surface area contributed by atoms with Crippen LogP contribution < -0.4 is 15.8 Å². The summed E-state index contributed by atoms with van der Waals surface area (Å²) in [4.78, 5) is 36.5. The largest absolute Gasteiger partial charge is 0.423 e. The van der Waals surface area contributed by atoms with E-state index in [9.17, 15) is 14.4 Å². The SMILES string of the molecule is NC(=O)c1cccc(OC(=O)c2ccccc2NC(=O)c2cccs2)c1. The highest BCUT2D eigenvalue weighted by molar-refractivity contribution is 7.12. The first-order chi connectivity index (χ1) is 12.5. The Morgan fingerprint density at radius 1 is 0.962 bits per heavy atom. The fourth-order valence-corrected chi connectivity index (χ4v) is 2.86. The number of rotatable bonds is 5. The lowest BCUT2D eigenvalue weighted by atomic mass is 10.1. The summed E-state index contributed by atoms with van der Waals surface area (Å²) >= 11 is 1.30. The number of esters is 1. The summed E-state index contributed by atoms with van der Waals surface area (Å²) in [5.41, 5.74) is 5.99. The number of para-hydroxylation sites is 1. The summed E-state index contributed by atoms with van der Waals surface area (Å²) < 4.78 is 5.31. The Morgan fingerprint density at radius 3 is 2.50 bits per heavy atom. The molecule has 6 nitrogen and oxygen atoms in total. The van der Waals surface area contributed by atoms with Crippen LogP contribution in [0.5, 0.6) is 5.75 Å². The maximum atomic E-state index is 12.5. The lowest BCUT2D eigenvalue weighted by Crippen LogP contribution is -2.16. The molecule has 0 bridgehead atoms. The Kier molecular flexibility index (Phi) is 5.09. The summed E-state index contributed by atoms with van der Waals surface area (Å²) in [6.45, 7) is 0. The molecule has 1 heterocycles. The van der Waals surface area contributed by atoms with Crippen molar-refractivity contribution in [2.75, 3.05) is 5.32 Å². The molecular formula is C19H14N2O4S. The second-order valence-electron chi connectivity index (χ2n) is 5.26. The Labute approximate surface area is 153 Å². The molecule has 0 unspecified atom stereocenters. The van der Waals surface area contributed by atoms with Gasteiger partial charge in [-0.1, -0.05) is 24.3 Å². The lowest BCUT2D eigenvalue weighted by Gasteiger charge is -2.10. The van der Waals surface area contributed by atoms with Gasteiger partial charge < -0.3 is 15.8 Å². The van der Waals surface area contributed by atoms with Gasteiger partial charge in [-0.3, -0.25) is 9.59 Å². The van der Waals surface area contributed by atoms with Gasteiger partial charge in [0, 0.05) is 5.56 Å². The smallest absolute Gasteiger partial charge is 0.345 e. The Hall–Kier alpha value is -3.45. The first kappa shape index (κ1) is 17.4. The van der Waals surface area contributed by atoms with Crippen molar-refractivity contribution in [3.8, 4) is 5.75 Å². The molecule has 0 aliphatic carbocycles. The minimum atomic E-state index is -0.659. The molecular weight excluding hydrogens is 352 g/mol. The van der Waals surface area contributed by atoms with Gasteiger partial charge in [-0.2, -0.15) is 0 Å². The van der Waals surface area contributed by atoms with E-state index >= 15 is 0 Å². The Bertz CT molecular complexity index is 967. The number of ether oxygens (including phenoxy) is 1. The molecule has 0 saturated heterocycles. The van der Waals surface area contributed by atoms with Crippen molar-refractivity contribution in [2.24, 2.45) is 5.73 Å². The van der Waals surface area contributed by atoms with Crippen molar-refractivity contribution in [1.82, 2.24) is 0 Å². The number of hydrogen-bond acceptors (Lipinski definition) is 5. The summed E-state index contributed by atoms with van der Waals surface area (Å²) in [5.74, 6) is -1.40. The van der Waals surface area contributed by atoms with Gasteiger partial charge in [0.25, 0.3) is 5.91 Å². The quantitative estimate of drug-likeness (QED) is 0.534. The molecule has 0 aliphatic heterocycles. The van der Waals surface area contributed by atoms with Gasteiger partial charge in [-0.05, 0) is 41.8 Å². The molecule has 26 heavy (non-hydrogen) atoms. The molecule has 0 radical (unpaired) electrons. The molecule has 1 aromatic heterocycles. The van der Waals surface area contributed by atoms with Gasteiger partial charge in [0.15, 0.2) is 0 Å². The van der Waals surface area contributed by atoms with E-state index in [1.807, 2.05) is 0 Å². The van der Waals surface area contributed by atoms with Crippen LogP contribution in [0.4, 0.5) is 5.69 Å². The summed E-state index contributed by atoms with van der Waals surface area (Å²) in [6, 6.07) is 16.0. The van der Waals surface area contributed by atoms with Crippen LogP contribution in [0, 0.1) is 0 Å². The number of carbonyl (C=O) groups is 3. The number of nitrogens with two attached hydrogens (primary N) is 1. The van der Waals surface area contributed by atoms with Crippen molar-refractivity contribution in [3.05, 3.63) is 82.0 Å². The van der Waals surface area contributed by atoms with E-state index in [1.54, 1.807) is 47.8 Å². The first-order valence-corrected chi connectivity index (χ1v) is 8.48. The fraction of sp³-hybridized carbons (Fsp3) is 0. The van der Waals surface area contributed by atoms with E-state index in [0.717, 1.165) is 0 Å². The van der Waals surface area contributed by atoms with E-state index in [1.165, 1.54) is 29.5 Å². The standard InChI is InChI=1S/C19H14N2O4S/c20-17(22)12-5-3-6-13(11-12)25-19(24)14-7-1-2-8-15(14)21-18(23)16-9-4-10-26-16/h1-11H,(H2,20,22)(H,21,23). The molecule has 0 fully saturated rings. The van der Waals surface area contributed by atoms with Crippen LogP contribution in [0.1, 0.15) is 30.4 Å². The van der Waals surface area contributed by atoms with Crippen molar-refractivity contribution in [1.29, 1.82) is 0 Å². The van der Waals surface area contributed by atoms with Gasteiger partial charge >= 0.3 is 5.97 Å². The number of amides is 2. The van der Waals surface area contributed by atoms with Crippen molar-refractivity contribution in [2.45, 2.75) is 0 Å². The Balaban J connectivity index is 1.81. The average molecular weight is 366 g/mol. The van der Waals surface area contributed by atoms with Crippen LogP contribution in [-0.4, -0.2) is 17.8 Å². The summed E-state index contributed by atoms with van der Waals surface area (Å²) in [5, 5.41) is 4.50. The van der Waals surface area contributed by atoms with E-state index < -0.39 is 11.9 Å². The maximum Gasteiger partial charge on any atom is 0.345 e. The van der Waals surface area contributed by atoms with Crippen LogP contribution >= 0.6 is 11.3 Å². The van der Waals surface area contributed by atoms with E-state index in [-0.39, 0.29) is 22.8 Å². The third kappa shape index (κ3) is 3.96. The molecule has 3 rings (SSSR count). The lowest BCUT2D eigenvalue weighted by molar-refractivity contribution is 0.0734. The number of thiophene rings is 1. The highest BCUT2D eigenvalue weighted by Gasteiger charge is 2.16. The summed E-state index contributed by atoms with van der Waals surface area (Å²) in [7, 11) is 0. The van der Waals surface area contributed by atoms with Crippen LogP contribution in [0.3, 0.4) is 0 Å². The maximum absolute atomic E-state index is 12.5. The van der Waals surface area contributed by atoms with Crippen LogP contribution in [0.25, 0.3) is 0 Å². The third-order valence-corrected chi connectivity index (χ3v) is 4.34. The molecule has 2 amide bonds. The zero-order chi connectivity index (χ0) is 18.5. The minimum Gasteiger partial charge on any atom is -0.423 e. The minimum absolute atomic E-state index is 0.186. The second kappa shape index (κ2) is 7.62. The van der Waals surface area contributed by atoms with E-state index in [4.69, 9.17) is 10.5 Å². The zero-order valence-electron chi connectivity index (χ0n) is 13.5. The molecule has 0 spiro atoms. The van der Waals surface area contributed by atoms with Gasteiger partial charge in [0.05, 0.1) is 16.1 Å². The Morgan fingerprint density at radius 2 is 1.77 bits per heavy atom. The highest BCUT2D eigenvalue weighted by atomic mass is 32.1. The molecule has 7 heteroatoms. The van der Waals surface area contributed by atoms with E-state index in [2.05, 4.69) is 5.32 Å². The zero-order valence-corrected chi connectivity index (χ0v) is 14.3. The molecule has 0 aliphatic rings. The fourth-order valence-electron chi connectivity index (χ4n) is 2.24. The highest BCUT2D eigenvalue weighted by Crippen LogP contribution is 2.21. The molecule has 3 N–H and O–H groups in total. The van der Waals surface area contributed by atoms with Gasteiger partial charge in [-0.15, -0.1) is 11.3 Å². The molecule has 0 atom stereocenters. The number of nitrogens with one attached hydrogen (secondary N) is 1. The number of hydrogen-bond donors (Lipinski definition) is 2. The van der Waals surface area contributed by atoms with E-state index in [0.29, 0.717) is 10.6 Å². The van der Waals surface area contributed by atoms with Crippen LogP contribution in [-0.2, 0) is 0 Å². The number of carbonyl (C=O) groups excluding carboxylic acids is 3. The predicted molar refractivity (Wildman–Crippen MR) is 98.6 cm³/mol. The number of benzene rings is 2. The third-order valence-electron chi connectivity index (χ3n) is 3.47. The normalized spacial score (nSPS) is 10.2. The van der Waals surface area contributed by atoms with Gasteiger partial charge in [-0.25, -0.2) is 4.79 Å². The number of anilines is 1. The van der Waals surface area contributed by atoms with Crippen molar-refractivity contribution in [3.63, 3.8) is 0 Å². The topological polar surface area (TPSA) is 98.5 Å². The van der Waals surface area contributed by atoms with Crippen LogP contribution in [0.2, 0.25) is 0 Å². The second-order valence-corrected chi connectivity index (χ2v) is 6.21. The van der Waals surface area contributed by atoms with Gasteiger partial charge in [0.1, 0.15) is 5.75 Å². The monoisotopic (exact) mass is 366 g/mol. The summed E-state index contributed by atoms with van der Waals surface area (Å²) in [6.07, 6.45) is 0. The van der Waals surface area contributed by atoms with Gasteiger partial charge in [0.2, 0.25) is 5.91 Å². The van der Waals surface area contributed by atoms with Crippen molar-refractivity contribution >= 4 is 34.8 Å². The van der Waals surface area contributed by atoms with Crippen molar-refractivity contribution < 1.29 is 19.1 Å². The number of primary amides is 1. The first-order valence-electron chi connectivity index (χ1n) is 7.60. The predicted octanol–water partition coefficient (Wildman–Crippen LogP) is 3.32. The molecule has 130 valence electrons.